The number of anilines is 1. The predicted molar refractivity (Wildman–Crippen MR) is 105 cm³/mol. The van der Waals surface area contributed by atoms with Crippen molar-refractivity contribution in [2.24, 2.45) is 0 Å². The topological polar surface area (TPSA) is 84.4 Å². The minimum atomic E-state index is 0.136. The number of halogens is 2. The van der Waals surface area contributed by atoms with E-state index in [0.717, 1.165) is 14.5 Å². The van der Waals surface area contributed by atoms with E-state index in [0.29, 0.717) is 34.6 Å². The molecule has 0 spiro atoms. The van der Waals surface area contributed by atoms with E-state index in [1.807, 2.05) is 22.9 Å². The number of ether oxygens (including phenoxy) is 3. The van der Waals surface area contributed by atoms with Crippen LogP contribution in [0.25, 0.3) is 11.0 Å². The first kappa shape index (κ1) is 17.9. The lowest BCUT2D eigenvalue weighted by Gasteiger charge is -2.17. The van der Waals surface area contributed by atoms with Crippen LogP contribution in [0.15, 0.2) is 18.3 Å². The number of hydrogen-bond donors (Lipinski definition) is 1. The summed E-state index contributed by atoms with van der Waals surface area (Å²) in [5.41, 5.74) is 7.38. The third-order valence-electron chi connectivity index (χ3n) is 3.77. The Hall–Kier alpha value is -1.94. The molecule has 0 saturated heterocycles. The lowest BCUT2D eigenvalue weighted by atomic mass is 10.1. The third-order valence-corrected chi connectivity index (χ3v) is 5.25. The smallest absolute Gasteiger partial charge is 0.223 e. The summed E-state index contributed by atoms with van der Waals surface area (Å²) in [7, 11) is 4.77. The quantitative estimate of drug-likeness (QED) is 0.451. The molecule has 9 heteroatoms. The number of rotatable bonds is 5. The minimum absolute atomic E-state index is 0.136. The third kappa shape index (κ3) is 3.15. The van der Waals surface area contributed by atoms with Crippen molar-refractivity contribution in [2.75, 3.05) is 27.1 Å². The molecule has 25 heavy (non-hydrogen) atoms. The highest BCUT2D eigenvalue weighted by Gasteiger charge is 2.20. The van der Waals surface area contributed by atoms with Crippen molar-refractivity contribution in [3.63, 3.8) is 0 Å². The Kier molecular flexibility index (Phi) is 5.09. The van der Waals surface area contributed by atoms with Crippen molar-refractivity contribution in [3.05, 3.63) is 32.6 Å². The summed E-state index contributed by atoms with van der Waals surface area (Å²) in [6, 6.07) is 3.78. The van der Waals surface area contributed by atoms with Crippen LogP contribution in [0.2, 0.25) is 5.15 Å². The van der Waals surface area contributed by atoms with Gasteiger partial charge < -0.3 is 24.5 Å². The van der Waals surface area contributed by atoms with E-state index in [-0.39, 0.29) is 5.95 Å². The van der Waals surface area contributed by atoms with Gasteiger partial charge in [0.05, 0.1) is 36.8 Å². The average molecular weight is 475 g/mol. The molecule has 3 rings (SSSR count). The Bertz CT molecular complexity index is 945. The lowest BCUT2D eigenvalue weighted by Crippen LogP contribution is -2.06. The van der Waals surface area contributed by atoms with E-state index in [2.05, 4.69) is 32.6 Å². The first-order valence-corrected chi connectivity index (χ1v) is 8.71. The summed E-state index contributed by atoms with van der Waals surface area (Å²) in [5.74, 6) is 1.92. The van der Waals surface area contributed by atoms with Gasteiger partial charge in [-0.1, -0.05) is 11.6 Å². The zero-order valence-electron chi connectivity index (χ0n) is 13.8. The van der Waals surface area contributed by atoms with E-state index in [4.69, 9.17) is 31.5 Å². The molecule has 2 N–H and O–H groups in total. The summed E-state index contributed by atoms with van der Waals surface area (Å²) < 4.78 is 19.2. The molecule has 1 aromatic carbocycles. The molecule has 0 aliphatic heterocycles. The van der Waals surface area contributed by atoms with Crippen LogP contribution in [0.3, 0.4) is 0 Å². The summed E-state index contributed by atoms with van der Waals surface area (Å²) in [5, 5.41) is 1.08. The van der Waals surface area contributed by atoms with E-state index in [9.17, 15) is 0 Å². The Morgan fingerprint density at radius 2 is 1.88 bits per heavy atom. The molecule has 7 nitrogen and oxygen atoms in total. The molecule has 0 amide bonds. The van der Waals surface area contributed by atoms with E-state index in [1.54, 1.807) is 21.3 Å². The molecule has 0 bridgehead atoms. The second-order valence-electron chi connectivity index (χ2n) is 5.17. The zero-order chi connectivity index (χ0) is 18.1. The van der Waals surface area contributed by atoms with Gasteiger partial charge in [0, 0.05) is 6.20 Å². The maximum Gasteiger partial charge on any atom is 0.223 e. The Morgan fingerprint density at radius 3 is 2.52 bits per heavy atom. The van der Waals surface area contributed by atoms with Crippen molar-refractivity contribution < 1.29 is 14.2 Å². The van der Waals surface area contributed by atoms with Gasteiger partial charge in [-0.15, -0.1) is 0 Å². The van der Waals surface area contributed by atoms with Crippen LogP contribution in [-0.4, -0.2) is 35.9 Å². The molecule has 0 unspecified atom stereocenters. The van der Waals surface area contributed by atoms with Gasteiger partial charge in [0.25, 0.3) is 0 Å². The van der Waals surface area contributed by atoms with E-state index in [1.165, 1.54) is 0 Å². The fourth-order valence-corrected chi connectivity index (χ4v) is 3.67. The van der Waals surface area contributed by atoms with Crippen LogP contribution in [-0.2, 0) is 6.54 Å². The van der Waals surface area contributed by atoms with Crippen LogP contribution in [0.1, 0.15) is 5.56 Å². The van der Waals surface area contributed by atoms with Gasteiger partial charge in [0.2, 0.25) is 11.7 Å². The van der Waals surface area contributed by atoms with Gasteiger partial charge in [-0.05, 0) is 40.3 Å². The minimum Gasteiger partial charge on any atom is -0.493 e. The van der Waals surface area contributed by atoms with Crippen LogP contribution in [0.4, 0.5) is 5.95 Å². The van der Waals surface area contributed by atoms with E-state index >= 15 is 0 Å². The van der Waals surface area contributed by atoms with Crippen LogP contribution in [0.5, 0.6) is 17.2 Å². The highest BCUT2D eigenvalue weighted by molar-refractivity contribution is 14.1. The number of hydrogen-bond acceptors (Lipinski definition) is 6. The fraction of sp³-hybridized carbons (Fsp3) is 0.250. The van der Waals surface area contributed by atoms with Gasteiger partial charge in [-0.3, -0.25) is 0 Å². The van der Waals surface area contributed by atoms with Gasteiger partial charge in [-0.2, -0.15) is 4.98 Å². The van der Waals surface area contributed by atoms with Crippen molar-refractivity contribution >= 4 is 51.2 Å². The summed E-state index contributed by atoms with van der Waals surface area (Å²) in [6.45, 7) is 0.533. The molecule has 0 aliphatic carbocycles. The molecule has 2 heterocycles. The SMILES string of the molecule is COc1cc(Cn2ccc3c(Cl)nc(N)nc32)c(I)c(OC)c1OC. The standard InChI is InChI=1S/C16H16ClIN4O3/c1-23-10-6-8(11(18)13(25-3)12(10)24-2)7-22-5-4-9-14(17)20-16(19)21-15(9)22/h4-6H,7H2,1-3H3,(H2,19,20,21). The number of benzene rings is 1. The molecule has 2 aromatic heterocycles. The molecule has 0 saturated carbocycles. The number of fused-ring (bicyclic) bond motifs is 1. The van der Waals surface area contributed by atoms with Gasteiger partial charge >= 0.3 is 0 Å². The summed E-state index contributed by atoms with van der Waals surface area (Å²) >= 11 is 8.37. The van der Waals surface area contributed by atoms with Gasteiger partial charge in [0.15, 0.2) is 11.5 Å². The molecule has 0 aliphatic rings. The highest BCUT2D eigenvalue weighted by atomic mass is 127. The lowest BCUT2D eigenvalue weighted by molar-refractivity contribution is 0.322. The van der Waals surface area contributed by atoms with Crippen LogP contribution in [0, 0.1) is 3.57 Å². The molecular formula is C16H16ClIN4O3. The zero-order valence-corrected chi connectivity index (χ0v) is 16.8. The number of nitrogens with zero attached hydrogens (tertiary/aromatic N) is 3. The van der Waals surface area contributed by atoms with Gasteiger partial charge in [0.1, 0.15) is 10.8 Å². The highest BCUT2D eigenvalue weighted by Crippen LogP contribution is 2.42. The number of aromatic nitrogens is 3. The van der Waals surface area contributed by atoms with Crippen molar-refractivity contribution in [1.82, 2.24) is 14.5 Å². The molecule has 132 valence electrons. The molecule has 0 fully saturated rings. The normalized spacial score (nSPS) is 10.9. The maximum atomic E-state index is 6.14. The maximum absolute atomic E-state index is 6.14. The number of methoxy groups -OCH3 is 3. The van der Waals surface area contributed by atoms with Gasteiger partial charge in [-0.25, -0.2) is 4.98 Å². The monoisotopic (exact) mass is 474 g/mol. The largest absolute Gasteiger partial charge is 0.493 e. The molecular weight excluding hydrogens is 459 g/mol. The number of nitrogens with two attached hydrogens (primary N) is 1. The van der Waals surface area contributed by atoms with Crippen LogP contribution >= 0.6 is 34.2 Å². The predicted octanol–water partition coefficient (Wildman–Crippen LogP) is 3.35. The Morgan fingerprint density at radius 1 is 1.16 bits per heavy atom. The average Bonchev–Trinajstić information content (AvgIpc) is 2.99. The second kappa shape index (κ2) is 7.12. The first-order valence-electron chi connectivity index (χ1n) is 7.25. The summed E-state index contributed by atoms with van der Waals surface area (Å²) in [4.78, 5) is 8.27. The Balaban J connectivity index is 2.12. The van der Waals surface area contributed by atoms with Crippen molar-refractivity contribution in [3.8, 4) is 17.2 Å². The second-order valence-corrected chi connectivity index (χ2v) is 6.61. The number of nitrogen functional groups attached to an aromatic ring is 1. The Labute approximate surface area is 163 Å². The van der Waals surface area contributed by atoms with Crippen molar-refractivity contribution in [1.29, 1.82) is 0 Å². The molecule has 0 atom stereocenters. The molecule has 3 aromatic rings. The van der Waals surface area contributed by atoms with E-state index < -0.39 is 0 Å². The van der Waals surface area contributed by atoms with Crippen LogP contribution < -0.4 is 19.9 Å². The van der Waals surface area contributed by atoms with Crippen molar-refractivity contribution in [2.45, 2.75) is 6.54 Å². The summed E-state index contributed by atoms with van der Waals surface area (Å²) in [6.07, 6.45) is 1.89. The molecule has 0 radical (unpaired) electrons. The first-order chi connectivity index (χ1) is 12.0. The fourth-order valence-electron chi connectivity index (χ4n) is 2.64.